The third-order valence-corrected chi connectivity index (χ3v) is 2.81. The molecule has 0 aromatic carbocycles. The maximum atomic E-state index is 10.9. The van der Waals surface area contributed by atoms with Crippen molar-refractivity contribution in [1.82, 2.24) is 9.97 Å². The first-order chi connectivity index (χ1) is 9.22. The molecule has 98 valence electrons. The van der Waals surface area contributed by atoms with E-state index in [1.165, 1.54) is 12.3 Å². The molecule has 0 bridgehead atoms. The third kappa shape index (κ3) is 3.04. The number of aromatic nitrogens is 2. The van der Waals surface area contributed by atoms with Crippen molar-refractivity contribution < 1.29 is 4.92 Å². The fraction of sp³-hybridized carbons (Fsp3) is 0.231. The summed E-state index contributed by atoms with van der Waals surface area (Å²) in [5, 5.41) is 14.1. The average Bonchev–Trinajstić information content (AvgIpc) is 2.46. The fourth-order valence-corrected chi connectivity index (χ4v) is 1.84. The second kappa shape index (κ2) is 5.90. The lowest BCUT2D eigenvalue weighted by Gasteiger charge is -2.17. The summed E-state index contributed by atoms with van der Waals surface area (Å²) in [6, 6.07) is 6.73. The molecule has 0 saturated heterocycles. The zero-order valence-corrected chi connectivity index (χ0v) is 10.5. The van der Waals surface area contributed by atoms with Crippen molar-refractivity contribution in [1.29, 1.82) is 0 Å². The lowest BCUT2D eigenvalue weighted by atomic mass is 10.1. The van der Waals surface area contributed by atoms with E-state index < -0.39 is 4.92 Å². The van der Waals surface area contributed by atoms with Gasteiger partial charge >= 0.3 is 5.69 Å². The number of hydrogen-bond acceptors (Lipinski definition) is 5. The molecule has 2 heterocycles. The molecule has 1 atom stereocenters. The van der Waals surface area contributed by atoms with E-state index in [2.05, 4.69) is 15.3 Å². The van der Waals surface area contributed by atoms with Crippen molar-refractivity contribution in [3.05, 3.63) is 58.5 Å². The third-order valence-electron chi connectivity index (χ3n) is 2.81. The van der Waals surface area contributed by atoms with Gasteiger partial charge in [0.25, 0.3) is 0 Å². The van der Waals surface area contributed by atoms with Gasteiger partial charge in [-0.25, -0.2) is 4.98 Å². The van der Waals surface area contributed by atoms with Crippen LogP contribution in [0.1, 0.15) is 24.9 Å². The van der Waals surface area contributed by atoms with Gasteiger partial charge in [0.15, 0.2) is 0 Å². The molecule has 1 unspecified atom stereocenters. The molecule has 0 saturated carbocycles. The summed E-state index contributed by atoms with van der Waals surface area (Å²) in [6.07, 6.45) is 5.73. The van der Waals surface area contributed by atoms with Gasteiger partial charge in [0, 0.05) is 24.7 Å². The Kier molecular flexibility index (Phi) is 4.02. The highest BCUT2D eigenvalue weighted by Gasteiger charge is 2.17. The van der Waals surface area contributed by atoms with Crippen molar-refractivity contribution in [2.45, 2.75) is 19.4 Å². The highest BCUT2D eigenvalue weighted by Crippen LogP contribution is 2.26. The second-order valence-corrected chi connectivity index (χ2v) is 4.01. The lowest BCUT2D eigenvalue weighted by Crippen LogP contribution is -2.12. The Bertz CT molecular complexity index is 560. The molecule has 0 radical (unpaired) electrons. The first-order valence-electron chi connectivity index (χ1n) is 5.98. The zero-order valence-electron chi connectivity index (χ0n) is 10.5. The summed E-state index contributed by atoms with van der Waals surface area (Å²) in [4.78, 5) is 18.5. The monoisotopic (exact) mass is 258 g/mol. The van der Waals surface area contributed by atoms with E-state index in [-0.39, 0.29) is 17.5 Å². The molecule has 0 spiro atoms. The van der Waals surface area contributed by atoms with E-state index in [0.29, 0.717) is 0 Å². The molecule has 2 rings (SSSR count). The summed E-state index contributed by atoms with van der Waals surface area (Å²) in [6.45, 7) is 2.01. The summed E-state index contributed by atoms with van der Waals surface area (Å²) < 4.78 is 0. The van der Waals surface area contributed by atoms with Crippen molar-refractivity contribution in [3.63, 3.8) is 0 Å². The van der Waals surface area contributed by atoms with E-state index in [1.54, 1.807) is 18.5 Å². The van der Waals surface area contributed by atoms with Crippen LogP contribution in [0.15, 0.2) is 42.9 Å². The molecule has 0 aliphatic heterocycles. The molecular formula is C13H14N4O2. The Balaban J connectivity index is 2.27. The normalized spacial score (nSPS) is 11.8. The van der Waals surface area contributed by atoms with E-state index in [1.807, 2.05) is 19.1 Å². The Morgan fingerprint density at radius 2 is 2.05 bits per heavy atom. The van der Waals surface area contributed by atoms with Gasteiger partial charge < -0.3 is 5.32 Å². The predicted octanol–water partition coefficient (Wildman–Crippen LogP) is 2.95. The predicted molar refractivity (Wildman–Crippen MR) is 71.8 cm³/mol. The van der Waals surface area contributed by atoms with E-state index in [4.69, 9.17) is 0 Å². The number of nitrogens with zero attached hydrogens (tertiary/aromatic N) is 3. The number of anilines is 1. The minimum atomic E-state index is -0.436. The first-order valence-corrected chi connectivity index (χ1v) is 5.98. The van der Waals surface area contributed by atoms with Gasteiger partial charge in [-0.2, -0.15) is 0 Å². The van der Waals surface area contributed by atoms with Crippen molar-refractivity contribution in [2.24, 2.45) is 0 Å². The smallest absolute Gasteiger partial charge is 0.311 e. The average molecular weight is 258 g/mol. The second-order valence-electron chi connectivity index (χ2n) is 4.01. The van der Waals surface area contributed by atoms with Crippen molar-refractivity contribution in [2.75, 3.05) is 5.32 Å². The summed E-state index contributed by atoms with van der Waals surface area (Å²) in [5.74, 6) is 0.288. The number of rotatable bonds is 5. The molecule has 1 N–H and O–H groups in total. The Morgan fingerprint density at radius 3 is 2.68 bits per heavy atom. The molecule has 6 heteroatoms. The molecule has 2 aromatic rings. The maximum absolute atomic E-state index is 10.9. The van der Waals surface area contributed by atoms with Crippen LogP contribution in [-0.2, 0) is 0 Å². The largest absolute Gasteiger partial charge is 0.358 e. The van der Waals surface area contributed by atoms with Crippen LogP contribution in [0.2, 0.25) is 0 Å². The van der Waals surface area contributed by atoms with Gasteiger partial charge in [0.05, 0.1) is 11.0 Å². The van der Waals surface area contributed by atoms with Gasteiger partial charge in [-0.05, 0) is 30.2 Å². The topological polar surface area (TPSA) is 81.0 Å². The standard InChI is InChI=1S/C13H14N4O2/c1-2-11(10-5-8-14-9-6-10)16-13-12(17(18)19)4-3-7-15-13/h3-9,11H,2H2,1H3,(H,15,16). The fourth-order valence-electron chi connectivity index (χ4n) is 1.84. The molecule has 0 aliphatic rings. The van der Waals surface area contributed by atoms with Crippen LogP contribution in [0.3, 0.4) is 0 Å². The van der Waals surface area contributed by atoms with Crippen LogP contribution in [0, 0.1) is 10.1 Å². The molecule has 6 nitrogen and oxygen atoms in total. The van der Waals surface area contributed by atoms with E-state index in [0.717, 1.165) is 12.0 Å². The first kappa shape index (κ1) is 12.9. The summed E-state index contributed by atoms with van der Waals surface area (Å²) in [5.41, 5.74) is 1.01. The summed E-state index contributed by atoms with van der Waals surface area (Å²) in [7, 11) is 0. The number of pyridine rings is 2. The summed E-state index contributed by atoms with van der Waals surface area (Å²) >= 11 is 0. The molecule has 19 heavy (non-hydrogen) atoms. The minimum Gasteiger partial charge on any atom is -0.358 e. The molecular weight excluding hydrogens is 244 g/mol. The van der Waals surface area contributed by atoms with Crippen molar-refractivity contribution in [3.8, 4) is 0 Å². The van der Waals surface area contributed by atoms with Crippen LogP contribution in [-0.4, -0.2) is 14.9 Å². The molecule has 2 aromatic heterocycles. The van der Waals surface area contributed by atoms with E-state index in [9.17, 15) is 10.1 Å². The molecule has 0 amide bonds. The van der Waals surface area contributed by atoms with Crippen LogP contribution < -0.4 is 5.32 Å². The Labute approximate surface area is 110 Å². The van der Waals surface area contributed by atoms with Crippen LogP contribution in [0.25, 0.3) is 0 Å². The number of nitrogens with one attached hydrogen (secondary N) is 1. The zero-order chi connectivity index (χ0) is 13.7. The minimum absolute atomic E-state index is 0.0185. The Morgan fingerprint density at radius 1 is 1.32 bits per heavy atom. The highest BCUT2D eigenvalue weighted by molar-refractivity contribution is 5.56. The molecule has 0 aliphatic carbocycles. The SMILES string of the molecule is CCC(Nc1ncccc1[N+](=O)[O-])c1ccncc1. The van der Waals surface area contributed by atoms with Gasteiger partial charge in [-0.1, -0.05) is 6.92 Å². The maximum Gasteiger partial charge on any atom is 0.311 e. The van der Waals surface area contributed by atoms with Gasteiger partial charge in [-0.3, -0.25) is 15.1 Å². The van der Waals surface area contributed by atoms with Gasteiger partial charge in [-0.15, -0.1) is 0 Å². The number of nitro groups is 1. The van der Waals surface area contributed by atoms with Crippen molar-refractivity contribution >= 4 is 11.5 Å². The highest BCUT2D eigenvalue weighted by atomic mass is 16.6. The van der Waals surface area contributed by atoms with Crippen LogP contribution in [0.5, 0.6) is 0 Å². The van der Waals surface area contributed by atoms with Gasteiger partial charge in [0.1, 0.15) is 0 Å². The van der Waals surface area contributed by atoms with Crippen LogP contribution >= 0.6 is 0 Å². The number of hydrogen-bond donors (Lipinski definition) is 1. The quantitative estimate of drug-likeness (QED) is 0.658. The van der Waals surface area contributed by atoms with E-state index >= 15 is 0 Å². The van der Waals surface area contributed by atoms with Gasteiger partial charge in [0.2, 0.25) is 5.82 Å². The lowest BCUT2D eigenvalue weighted by molar-refractivity contribution is -0.384. The van der Waals surface area contributed by atoms with Crippen LogP contribution in [0.4, 0.5) is 11.5 Å². The molecule has 0 fully saturated rings. The Hall–Kier alpha value is -2.50.